The van der Waals surface area contributed by atoms with Gasteiger partial charge in [0.15, 0.2) is 0 Å². The van der Waals surface area contributed by atoms with Crippen molar-refractivity contribution in [1.29, 1.82) is 0 Å². The number of ether oxygens (including phenoxy) is 1. The van der Waals surface area contributed by atoms with Gasteiger partial charge in [0, 0.05) is 18.3 Å². The lowest BCUT2D eigenvalue weighted by Crippen LogP contribution is -2.11. The molecule has 0 spiro atoms. The summed E-state index contributed by atoms with van der Waals surface area (Å²) < 4.78 is 7.66. The van der Waals surface area contributed by atoms with Crippen molar-refractivity contribution in [3.63, 3.8) is 0 Å². The minimum Gasteiger partial charge on any atom is -0.497 e. The van der Waals surface area contributed by atoms with Crippen molar-refractivity contribution >= 4 is 16.7 Å². The van der Waals surface area contributed by atoms with Gasteiger partial charge < -0.3 is 14.6 Å². The van der Waals surface area contributed by atoms with Gasteiger partial charge in [-0.15, -0.1) is 0 Å². The van der Waals surface area contributed by atoms with E-state index in [2.05, 4.69) is 45.2 Å². The van der Waals surface area contributed by atoms with Crippen LogP contribution in [0.5, 0.6) is 5.75 Å². The second-order valence-corrected chi connectivity index (χ2v) is 6.85. The van der Waals surface area contributed by atoms with Crippen molar-refractivity contribution in [3.8, 4) is 5.75 Å². The standard InChI is InChI=1S/C21H25N3O/c1-25-19-9-5-6-16(12-19)14-22-17-10-11-21-20(13-17)23-15-24(21)18-7-3-2-4-8-18/h5-6,9-13,15,18,22H,2-4,7-8,14H2,1H3. The predicted octanol–water partition coefficient (Wildman–Crippen LogP) is 5.16. The van der Waals surface area contributed by atoms with E-state index in [1.165, 1.54) is 43.2 Å². The molecule has 1 heterocycles. The molecule has 0 bridgehead atoms. The molecule has 1 aliphatic rings. The number of aromatic nitrogens is 2. The maximum atomic E-state index is 5.28. The molecule has 1 saturated carbocycles. The van der Waals surface area contributed by atoms with Gasteiger partial charge in [0.05, 0.1) is 24.5 Å². The zero-order valence-electron chi connectivity index (χ0n) is 14.7. The van der Waals surface area contributed by atoms with Crippen molar-refractivity contribution in [1.82, 2.24) is 9.55 Å². The summed E-state index contributed by atoms with van der Waals surface area (Å²) in [6, 6.07) is 15.3. The van der Waals surface area contributed by atoms with Gasteiger partial charge in [-0.3, -0.25) is 0 Å². The van der Waals surface area contributed by atoms with Gasteiger partial charge in [-0.05, 0) is 48.7 Å². The first-order valence-corrected chi connectivity index (χ1v) is 9.17. The highest BCUT2D eigenvalue weighted by Crippen LogP contribution is 2.31. The van der Waals surface area contributed by atoms with Crippen LogP contribution in [0.2, 0.25) is 0 Å². The lowest BCUT2D eigenvalue weighted by molar-refractivity contribution is 0.359. The third kappa shape index (κ3) is 3.48. The fourth-order valence-corrected chi connectivity index (χ4v) is 3.78. The number of methoxy groups -OCH3 is 1. The number of fused-ring (bicyclic) bond motifs is 1. The van der Waals surface area contributed by atoms with Crippen LogP contribution in [0.1, 0.15) is 43.7 Å². The summed E-state index contributed by atoms with van der Waals surface area (Å²) in [5.41, 5.74) is 4.62. The lowest BCUT2D eigenvalue weighted by Gasteiger charge is -2.23. The van der Waals surface area contributed by atoms with Gasteiger partial charge in [-0.25, -0.2) is 4.98 Å². The van der Waals surface area contributed by atoms with Crippen molar-refractivity contribution < 1.29 is 4.74 Å². The SMILES string of the molecule is COc1cccc(CNc2ccc3c(c2)ncn3C2CCCCC2)c1. The Hall–Kier alpha value is -2.49. The molecule has 0 saturated heterocycles. The first-order valence-electron chi connectivity index (χ1n) is 9.17. The van der Waals surface area contributed by atoms with Crippen LogP contribution >= 0.6 is 0 Å². The number of anilines is 1. The van der Waals surface area contributed by atoms with E-state index in [0.29, 0.717) is 6.04 Å². The molecule has 4 rings (SSSR count). The molecule has 2 aromatic carbocycles. The molecule has 25 heavy (non-hydrogen) atoms. The van der Waals surface area contributed by atoms with Gasteiger partial charge in [0.1, 0.15) is 5.75 Å². The van der Waals surface area contributed by atoms with Crippen LogP contribution in [-0.4, -0.2) is 16.7 Å². The second-order valence-electron chi connectivity index (χ2n) is 6.85. The number of nitrogens with zero attached hydrogens (tertiary/aromatic N) is 2. The number of nitrogens with one attached hydrogen (secondary N) is 1. The summed E-state index contributed by atoms with van der Waals surface area (Å²) in [6.07, 6.45) is 8.63. The first-order chi connectivity index (χ1) is 12.3. The van der Waals surface area contributed by atoms with E-state index in [1.54, 1.807) is 7.11 Å². The van der Waals surface area contributed by atoms with Gasteiger partial charge in [-0.2, -0.15) is 0 Å². The molecular weight excluding hydrogens is 310 g/mol. The van der Waals surface area contributed by atoms with Crippen LogP contribution < -0.4 is 10.1 Å². The number of imidazole rings is 1. The Labute approximate surface area is 148 Å². The molecule has 0 unspecified atom stereocenters. The van der Waals surface area contributed by atoms with Crippen LogP contribution in [0.4, 0.5) is 5.69 Å². The Kier molecular flexibility index (Phi) is 4.59. The molecule has 1 N–H and O–H groups in total. The summed E-state index contributed by atoms with van der Waals surface area (Å²) in [5, 5.41) is 3.49. The second kappa shape index (κ2) is 7.18. The van der Waals surface area contributed by atoms with E-state index in [9.17, 15) is 0 Å². The summed E-state index contributed by atoms with van der Waals surface area (Å²) >= 11 is 0. The number of hydrogen-bond donors (Lipinski definition) is 1. The Morgan fingerprint density at radius 2 is 2.00 bits per heavy atom. The van der Waals surface area contributed by atoms with Crippen LogP contribution in [0.15, 0.2) is 48.8 Å². The van der Waals surface area contributed by atoms with Crippen molar-refractivity contribution in [2.24, 2.45) is 0 Å². The largest absolute Gasteiger partial charge is 0.497 e. The van der Waals surface area contributed by atoms with Crippen LogP contribution in [-0.2, 0) is 6.54 Å². The summed E-state index contributed by atoms with van der Waals surface area (Å²) in [5.74, 6) is 0.890. The van der Waals surface area contributed by atoms with E-state index in [4.69, 9.17) is 4.74 Å². The molecule has 0 amide bonds. The van der Waals surface area contributed by atoms with Gasteiger partial charge in [-0.1, -0.05) is 31.4 Å². The zero-order valence-corrected chi connectivity index (χ0v) is 14.7. The first kappa shape index (κ1) is 16.0. The molecule has 1 fully saturated rings. The molecule has 0 atom stereocenters. The molecular formula is C21H25N3O. The highest BCUT2D eigenvalue weighted by molar-refractivity contribution is 5.79. The minimum atomic E-state index is 0.620. The normalized spacial score (nSPS) is 15.4. The summed E-state index contributed by atoms with van der Waals surface area (Å²) in [6.45, 7) is 0.770. The molecule has 0 aliphatic heterocycles. The third-order valence-corrected chi connectivity index (χ3v) is 5.17. The zero-order chi connectivity index (χ0) is 17.1. The minimum absolute atomic E-state index is 0.620. The topological polar surface area (TPSA) is 39.1 Å². The smallest absolute Gasteiger partial charge is 0.119 e. The van der Waals surface area contributed by atoms with E-state index in [-0.39, 0.29) is 0 Å². The Bertz CT molecular complexity index is 849. The van der Waals surface area contributed by atoms with Crippen molar-refractivity contribution in [2.45, 2.75) is 44.7 Å². The fraction of sp³-hybridized carbons (Fsp3) is 0.381. The molecule has 130 valence electrons. The number of benzene rings is 2. The summed E-state index contributed by atoms with van der Waals surface area (Å²) in [4.78, 5) is 4.64. The average Bonchev–Trinajstić information content (AvgIpc) is 3.10. The quantitative estimate of drug-likeness (QED) is 0.700. The Morgan fingerprint density at radius 1 is 1.12 bits per heavy atom. The number of hydrogen-bond acceptors (Lipinski definition) is 3. The molecule has 4 nitrogen and oxygen atoms in total. The van der Waals surface area contributed by atoms with Crippen LogP contribution in [0.3, 0.4) is 0 Å². The van der Waals surface area contributed by atoms with Gasteiger partial charge in [0.25, 0.3) is 0 Å². The third-order valence-electron chi connectivity index (χ3n) is 5.17. The summed E-state index contributed by atoms with van der Waals surface area (Å²) in [7, 11) is 1.70. The highest BCUT2D eigenvalue weighted by atomic mass is 16.5. The average molecular weight is 335 g/mol. The maximum Gasteiger partial charge on any atom is 0.119 e. The van der Waals surface area contributed by atoms with E-state index < -0.39 is 0 Å². The predicted molar refractivity (Wildman–Crippen MR) is 102 cm³/mol. The van der Waals surface area contributed by atoms with Crippen molar-refractivity contribution in [2.75, 3.05) is 12.4 Å². The highest BCUT2D eigenvalue weighted by Gasteiger charge is 2.17. The van der Waals surface area contributed by atoms with Gasteiger partial charge >= 0.3 is 0 Å². The molecule has 1 aliphatic carbocycles. The monoisotopic (exact) mass is 335 g/mol. The van der Waals surface area contributed by atoms with Crippen LogP contribution in [0.25, 0.3) is 11.0 Å². The van der Waals surface area contributed by atoms with E-state index in [1.807, 2.05) is 18.5 Å². The van der Waals surface area contributed by atoms with Gasteiger partial charge in [0.2, 0.25) is 0 Å². The molecule has 1 aromatic heterocycles. The maximum absolute atomic E-state index is 5.28. The van der Waals surface area contributed by atoms with E-state index in [0.717, 1.165) is 23.5 Å². The Balaban J connectivity index is 1.49. The molecule has 0 radical (unpaired) electrons. The Morgan fingerprint density at radius 3 is 2.84 bits per heavy atom. The van der Waals surface area contributed by atoms with Crippen molar-refractivity contribution in [3.05, 3.63) is 54.4 Å². The fourth-order valence-electron chi connectivity index (χ4n) is 3.78. The number of rotatable bonds is 5. The molecule has 3 aromatic rings. The lowest BCUT2D eigenvalue weighted by atomic mass is 9.95. The molecule has 4 heteroatoms. The van der Waals surface area contributed by atoms with E-state index >= 15 is 0 Å². The van der Waals surface area contributed by atoms with Crippen LogP contribution in [0, 0.1) is 0 Å².